The molecule has 0 aromatic rings. The second-order valence-electron chi connectivity index (χ2n) is 9.43. The van der Waals surface area contributed by atoms with Gasteiger partial charge >= 0.3 is 12.2 Å². The van der Waals surface area contributed by atoms with Crippen molar-refractivity contribution in [3.8, 4) is 0 Å². The first-order chi connectivity index (χ1) is 15.3. The number of piperidine rings is 2. The predicted octanol–water partition coefficient (Wildman–Crippen LogP) is 2.98. The minimum absolute atomic E-state index is 0.0131. The second-order valence-corrected chi connectivity index (χ2v) is 10.0. The van der Waals surface area contributed by atoms with Crippen LogP contribution in [0.1, 0.15) is 57.8 Å². The molecule has 4 aliphatic rings. The van der Waals surface area contributed by atoms with Crippen molar-refractivity contribution in [2.45, 2.75) is 99.5 Å². The molecule has 0 spiro atoms. The molecule has 7 atom stereocenters. The van der Waals surface area contributed by atoms with Crippen molar-refractivity contribution in [1.29, 1.82) is 0 Å². The second kappa shape index (κ2) is 10.2. The van der Waals surface area contributed by atoms with Crippen LogP contribution in [0.25, 0.3) is 0 Å². The van der Waals surface area contributed by atoms with Gasteiger partial charge in [-0.15, -0.1) is 11.6 Å². The lowest BCUT2D eigenvalue weighted by atomic mass is 9.70. The topological polar surface area (TPSA) is 83.7 Å². The molecule has 4 N–H and O–H groups in total. The predicted molar refractivity (Wildman–Crippen MR) is 113 cm³/mol. The van der Waals surface area contributed by atoms with Crippen molar-refractivity contribution in [1.82, 2.24) is 21.3 Å². The van der Waals surface area contributed by atoms with E-state index in [4.69, 9.17) is 21.1 Å². The van der Waals surface area contributed by atoms with E-state index in [1.807, 2.05) is 0 Å². The lowest BCUT2D eigenvalue weighted by Crippen LogP contribution is -2.65. The van der Waals surface area contributed by atoms with Crippen LogP contribution in [0, 0.1) is 5.92 Å². The highest BCUT2D eigenvalue weighted by atomic mass is 35.5. The quantitative estimate of drug-likeness (QED) is 0.453. The molecule has 3 saturated heterocycles. The molecule has 0 bridgehead atoms. The van der Waals surface area contributed by atoms with Gasteiger partial charge in [0.05, 0.1) is 24.9 Å². The molecule has 5 unspecified atom stereocenters. The number of amides is 2. The summed E-state index contributed by atoms with van der Waals surface area (Å²) in [6.07, 6.45) is 0.0186. The first-order valence-electron chi connectivity index (χ1n) is 11.8. The summed E-state index contributed by atoms with van der Waals surface area (Å²) in [5.74, 6) is -0.724. The van der Waals surface area contributed by atoms with E-state index in [9.17, 15) is 18.0 Å². The van der Waals surface area contributed by atoms with Gasteiger partial charge in [0.1, 0.15) is 6.23 Å². The van der Waals surface area contributed by atoms with Crippen LogP contribution in [0.5, 0.6) is 0 Å². The molecule has 4 fully saturated rings. The van der Waals surface area contributed by atoms with E-state index < -0.39 is 30.0 Å². The summed E-state index contributed by atoms with van der Waals surface area (Å²) < 4.78 is 53.2. The molecule has 184 valence electrons. The Labute approximate surface area is 191 Å². The van der Waals surface area contributed by atoms with Gasteiger partial charge in [-0.05, 0) is 45.1 Å². The molecule has 0 aromatic carbocycles. The Kier molecular flexibility index (Phi) is 7.76. The fourth-order valence-corrected chi connectivity index (χ4v) is 5.71. The summed E-state index contributed by atoms with van der Waals surface area (Å²) in [4.78, 5) is 12.6. The number of urea groups is 1. The summed E-state index contributed by atoms with van der Waals surface area (Å²) in [7, 11) is 0. The van der Waals surface area contributed by atoms with Gasteiger partial charge < -0.3 is 20.1 Å². The summed E-state index contributed by atoms with van der Waals surface area (Å²) in [5.41, 5.74) is -2.10. The first kappa shape index (κ1) is 24.3. The minimum Gasteiger partial charge on any atom is -0.365 e. The maximum Gasteiger partial charge on any atom is 0.417 e. The Morgan fingerprint density at radius 2 is 1.84 bits per heavy atom. The van der Waals surface area contributed by atoms with Gasteiger partial charge in [-0.25, -0.2) is 4.79 Å². The molecule has 11 heteroatoms. The minimum atomic E-state index is -4.42. The monoisotopic (exact) mass is 482 g/mol. The Hall–Kier alpha value is -0.810. The zero-order chi connectivity index (χ0) is 22.8. The van der Waals surface area contributed by atoms with Gasteiger partial charge in [0.25, 0.3) is 0 Å². The number of carbonyl (C=O) groups excluding carboxylic acids is 1. The number of hydrogen-bond acceptors (Lipinski definition) is 5. The van der Waals surface area contributed by atoms with Crippen LogP contribution < -0.4 is 21.3 Å². The van der Waals surface area contributed by atoms with Gasteiger partial charge in [0.2, 0.25) is 0 Å². The average molecular weight is 483 g/mol. The third-order valence-corrected chi connectivity index (χ3v) is 7.69. The highest BCUT2D eigenvalue weighted by molar-refractivity contribution is 6.20. The molecule has 32 heavy (non-hydrogen) atoms. The van der Waals surface area contributed by atoms with Crippen LogP contribution in [0.2, 0.25) is 0 Å². The van der Waals surface area contributed by atoms with E-state index in [-0.39, 0.29) is 36.6 Å². The average Bonchev–Trinajstić information content (AvgIpc) is 2.70. The first-order valence-corrected chi connectivity index (χ1v) is 12.3. The van der Waals surface area contributed by atoms with Crippen LogP contribution in [-0.2, 0) is 9.47 Å². The zero-order valence-corrected chi connectivity index (χ0v) is 18.9. The Bertz CT molecular complexity index is 644. The van der Waals surface area contributed by atoms with Crippen LogP contribution in [0.4, 0.5) is 18.0 Å². The van der Waals surface area contributed by atoms with E-state index in [1.54, 1.807) is 0 Å². The van der Waals surface area contributed by atoms with Crippen molar-refractivity contribution in [3.63, 3.8) is 0 Å². The Morgan fingerprint density at radius 3 is 2.50 bits per heavy atom. The van der Waals surface area contributed by atoms with E-state index in [0.29, 0.717) is 32.4 Å². The molecular formula is C21H34ClF3N4O3. The highest BCUT2D eigenvalue weighted by Crippen LogP contribution is 2.52. The van der Waals surface area contributed by atoms with E-state index >= 15 is 0 Å². The van der Waals surface area contributed by atoms with Crippen LogP contribution in [0.3, 0.4) is 0 Å². The van der Waals surface area contributed by atoms with E-state index in [1.165, 1.54) is 0 Å². The number of nitrogens with one attached hydrogen (secondary N) is 4. The molecule has 1 saturated carbocycles. The normalized spacial score (nSPS) is 40.9. The van der Waals surface area contributed by atoms with Crippen LogP contribution in [0.15, 0.2) is 0 Å². The molecule has 0 aromatic heterocycles. The maximum absolute atomic E-state index is 13.9. The molecule has 4 rings (SSSR count). The van der Waals surface area contributed by atoms with E-state index in [2.05, 4.69) is 21.3 Å². The van der Waals surface area contributed by atoms with Crippen LogP contribution in [-0.4, -0.2) is 67.4 Å². The molecule has 3 aliphatic heterocycles. The Morgan fingerprint density at radius 1 is 1.06 bits per heavy atom. The summed E-state index contributed by atoms with van der Waals surface area (Å²) in [5, 5.41) is 12.4. The summed E-state index contributed by atoms with van der Waals surface area (Å²) in [6, 6.07) is -0.632. The smallest absolute Gasteiger partial charge is 0.365 e. The van der Waals surface area contributed by atoms with Crippen molar-refractivity contribution in [2.24, 2.45) is 5.92 Å². The van der Waals surface area contributed by atoms with Gasteiger partial charge in [-0.2, -0.15) is 13.2 Å². The van der Waals surface area contributed by atoms with Gasteiger partial charge in [0.15, 0.2) is 5.60 Å². The highest BCUT2D eigenvalue weighted by Gasteiger charge is 2.66. The molecule has 3 heterocycles. The standard InChI is InChI=1S/C21H34ClF3N4O3/c22-13-7-8-17(27-12-13)29-19(30)28-15-5-3-10-26-18(15)32-16-6-2-1-4-14(16)20(9-11-31-20)21(23,24)25/h13-18,26-27H,1-12H2,(H2,28,29,30)/t13?,14?,15?,16-,17?,18?,20-/m1/s1. The largest absolute Gasteiger partial charge is 0.417 e. The third-order valence-electron chi connectivity index (χ3n) is 7.31. The lowest BCUT2D eigenvalue weighted by Gasteiger charge is -2.52. The van der Waals surface area contributed by atoms with Gasteiger partial charge in [-0.3, -0.25) is 10.6 Å². The lowest BCUT2D eigenvalue weighted by molar-refractivity contribution is -0.358. The van der Waals surface area contributed by atoms with Gasteiger partial charge in [-0.1, -0.05) is 12.8 Å². The fraction of sp³-hybridized carbons (Fsp3) is 0.952. The molecular weight excluding hydrogens is 449 g/mol. The number of halogens is 4. The van der Waals surface area contributed by atoms with E-state index in [0.717, 1.165) is 32.1 Å². The number of alkyl halides is 4. The number of ether oxygens (including phenoxy) is 2. The molecule has 2 amide bonds. The molecule has 7 nitrogen and oxygen atoms in total. The number of hydrogen-bond donors (Lipinski definition) is 4. The summed E-state index contributed by atoms with van der Waals surface area (Å²) >= 11 is 6.08. The van der Waals surface area contributed by atoms with Crippen molar-refractivity contribution >= 4 is 17.6 Å². The van der Waals surface area contributed by atoms with Crippen LogP contribution >= 0.6 is 11.6 Å². The molecule has 1 aliphatic carbocycles. The Balaban J connectivity index is 1.37. The van der Waals surface area contributed by atoms with Crippen molar-refractivity contribution < 1.29 is 27.4 Å². The maximum atomic E-state index is 13.9. The fourth-order valence-electron chi connectivity index (χ4n) is 5.49. The number of rotatable bonds is 5. The molecule has 0 radical (unpaired) electrons. The van der Waals surface area contributed by atoms with Crippen molar-refractivity contribution in [2.75, 3.05) is 19.7 Å². The van der Waals surface area contributed by atoms with Gasteiger partial charge in [0, 0.05) is 24.3 Å². The van der Waals surface area contributed by atoms with Crippen molar-refractivity contribution in [3.05, 3.63) is 0 Å². The zero-order valence-electron chi connectivity index (χ0n) is 18.2. The summed E-state index contributed by atoms with van der Waals surface area (Å²) in [6.45, 7) is 1.47. The third kappa shape index (κ3) is 5.29. The SMILES string of the molecule is O=C(NC1CCC(Cl)CN1)NC1CCCNC1O[C@@H]1CCCCC1[C@@]1(C(F)(F)F)CCO1. The number of carbonyl (C=O) groups is 1.